The standard InChI is InChI=1S/C24H22FNO3/c1-28-24(27)22-9-11-26-15-19(22)6-5-16-10-12-29-23-14-18(7-8-21(16)23)17-3-2-4-20(25)13-17/h2-4,7-9,11,13-16H,5-6,10,12H2,1H3/t16-/m0/s1. The number of ether oxygens (including phenoxy) is 2. The second kappa shape index (κ2) is 8.43. The molecule has 1 atom stereocenters. The quantitative estimate of drug-likeness (QED) is 0.563. The Hall–Kier alpha value is -3.21. The van der Waals surface area contributed by atoms with E-state index in [2.05, 4.69) is 11.1 Å². The Kier molecular flexibility index (Phi) is 5.56. The lowest BCUT2D eigenvalue weighted by atomic mass is 9.86. The first-order valence-corrected chi connectivity index (χ1v) is 9.69. The van der Waals surface area contributed by atoms with Crippen molar-refractivity contribution in [3.63, 3.8) is 0 Å². The molecule has 0 aliphatic carbocycles. The minimum atomic E-state index is -0.338. The summed E-state index contributed by atoms with van der Waals surface area (Å²) in [5, 5.41) is 0. The van der Waals surface area contributed by atoms with Crippen molar-refractivity contribution in [1.82, 2.24) is 4.98 Å². The number of hydrogen-bond acceptors (Lipinski definition) is 4. The summed E-state index contributed by atoms with van der Waals surface area (Å²) in [4.78, 5) is 16.1. The van der Waals surface area contributed by atoms with Gasteiger partial charge in [-0.3, -0.25) is 4.98 Å². The van der Waals surface area contributed by atoms with E-state index >= 15 is 0 Å². The van der Waals surface area contributed by atoms with Crippen LogP contribution in [0.1, 0.15) is 40.2 Å². The largest absolute Gasteiger partial charge is 0.493 e. The third-order valence-corrected chi connectivity index (χ3v) is 5.41. The minimum absolute atomic E-state index is 0.253. The van der Waals surface area contributed by atoms with Crippen molar-refractivity contribution in [3.05, 3.63) is 83.4 Å². The molecular weight excluding hydrogens is 369 g/mol. The van der Waals surface area contributed by atoms with E-state index in [9.17, 15) is 9.18 Å². The van der Waals surface area contributed by atoms with Gasteiger partial charge in [-0.15, -0.1) is 0 Å². The van der Waals surface area contributed by atoms with Crippen LogP contribution < -0.4 is 4.74 Å². The van der Waals surface area contributed by atoms with E-state index in [0.29, 0.717) is 18.1 Å². The number of esters is 1. The van der Waals surface area contributed by atoms with E-state index in [1.165, 1.54) is 19.2 Å². The summed E-state index contributed by atoms with van der Waals surface area (Å²) in [5.41, 5.74) is 4.38. The lowest BCUT2D eigenvalue weighted by Gasteiger charge is -2.26. The maximum absolute atomic E-state index is 13.6. The van der Waals surface area contributed by atoms with E-state index in [1.54, 1.807) is 24.5 Å². The van der Waals surface area contributed by atoms with Crippen LogP contribution in [-0.4, -0.2) is 24.7 Å². The number of carbonyl (C=O) groups is 1. The van der Waals surface area contributed by atoms with Gasteiger partial charge in [0.2, 0.25) is 0 Å². The number of carbonyl (C=O) groups excluding carboxylic acids is 1. The van der Waals surface area contributed by atoms with Crippen molar-refractivity contribution in [2.75, 3.05) is 13.7 Å². The van der Waals surface area contributed by atoms with Gasteiger partial charge < -0.3 is 9.47 Å². The molecule has 0 saturated heterocycles. The molecule has 1 aliphatic heterocycles. The Bertz CT molecular complexity index is 1030. The van der Waals surface area contributed by atoms with Crippen molar-refractivity contribution in [3.8, 4) is 16.9 Å². The summed E-state index contributed by atoms with van der Waals surface area (Å²) in [7, 11) is 1.39. The van der Waals surface area contributed by atoms with Crippen LogP contribution in [-0.2, 0) is 11.2 Å². The number of pyridine rings is 1. The molecule has 0 N–H and O–H groups in total. The number of halogens is 1. The molecule has 0 spiro atoms. The minimum Gasteiger partial charge on any atom is -0.493 e. The van der Waals surface area contributed by atoms with Crippen molar-refractivity contribution in [1.29, 1.82) is 0 Å². The van der Waals surface area contributed by atoms with Crippen LogP contribution in [0.25, 0.3) is 11.1 Å². The number of methoxy groups -OCH3 is 1. The van der Waals surface area contributed by atoms with Crippen LogP contribution in [0.2, 0.25) is 0 Å². The van der Waals surface area contributed by atoms with Crippen LogP contribution in [0.4, 0.5) is 4.39 Å². The van der Waals surface area contributed by atoms with Crippen LogP contribution in [0.3, 0.4) is 0 Å². The first kappa shape index (κ1) is 19.1. The highest BCUT2D eigenvalue weighted by atomic mass is 19.1. The summed E-state index contributed by atoms with van der Waals surface area (Å²) in [6.45, 7) is 0.640. The maximum atomic E-state index is 13.6. The van der Waals surface area contributed by atoms with E-state index < -0.39 is 0 Å². The van der Waals surface area contributed by atoms with Crippen LogP contribution in [0.15, 0.2) is 60.9 Å². The average Bonchev–Trinajstić information content (AvgIpc) is 2.77. The number of aryl methyl sites for hydroxylation is 1. The van der Waals surface area contributed by atoms with Crippen molar-refractivity contribution < 1.29 is 18.7 Å². The molecule has 0 unspecified atom stereocenters. The molecule has 3 aromatic rings. The average molecular weight is 391 g/mol. The Morgan fingerprint density at radius 3 is 2.90 bits per heavy atom. The van der Waals surface area contributed by atoms with E-state index in [-0.39, 0.29) is 11.8 Å². The highest BCUT2D eigenvalue weighted by Crippen LogP contribution is 2.39. The van der Waals surface area contributed by atoms with Gasteiger partial charge in [-0.1, -0.05) is 24.3 Å². The fourth-order valence-electron chi connectivity index (χ4n) is 3.88. The second-order valence-corrected chi connectivity index (χ2v) is 7.16. The van der Waals surface area contributed by atoms with Gasteiger partial charge in [-0.05, 0) is 71.7 Å². The first-order chi connectivity index (χ1) is 14.2. The number of fused-ring (bicyclic) bond motifs is 1. The number of aromatic nitrogens is 1. The summed E-state index contributed by atoms with van der Waals surface area (Å²) < 4.78 is 24.3. The molecule has 0 amide bonds. The number of nitrogens with zero attached hydrogens (tertiary/aromatic N) is 1. The van der Waals surface area contributed by atoms with Crippen LogP contribution >= 0.6 is 0 Å². The SMILES string of the molecule is COC(=O)c1ccncc1CC[C@H]1CCOc2cc(-c3cccc(F)c3)ccc21. The van der Waals surface area contributed by atoms with Crippen molar-refractivity contribution in [2.24, 2.45) is 0 Å². The van der Waals surface area contributed by atoms with Crippen molar-refractivity contribution in [2.45, 2.75) is 25.2 Å². The molecule has 0 fully saturated rings. The number of hydrogen-bond donors (Lipinski definition) is 0. The molecule has 0 radical (unpaired) electrons. The summed E-state index contributed by atoms with van der Waals surface area (Å²) >= 11 is 0. The lowest BCUT2D eigenvalue weighted by Crippen LogP contribution is -2.15. The molecule has 0 saturated carbocycles. The van der Waals surface area contributed by atoms with Crippen molar-refractivity contribution >= 4 is 5.97 Å². The summed E-state index contributed by atoms with van der Waals surface area (Å²) in [6, 6.07) is 14.3. The third-order valence-electron chi connectivity index (χ3n) is 5.41. The van der Waals surface area contributed by atoms with E-state index in [4.69, 9.17) is 9.47 Å². The molecule has 2 aromatic carbocycles. The van der Waals surface area contributed by atoms with E-state index in [0.717, 1.165) is 47.3 Å². The van der Waals surface area contributed by atoms with Gasteiger partial charge in [-0.25, -0.2) is 9.18 Å². The third kappa shape index (κ3) is 4.14. The Morgan fingerprint density at radius 2 is 2.07 bits per heavy atom. The van der Waals surface area contributed by atoms with Gasteiger partial charge in [0.15, 0.2) is 0 Å². The second-order valence-electron chi connectivity index (χ2n) is 7.16. The molecule has 2 heterocycles. The molecule has 4 nitrogen and oxygen atoms in total. The number of benzene rings is 2. The van der Waals surface area contributed by atoms with Gasteiger partial charge in [0.1, 0.15) is 11.6 Å². The van der Waals surface area contributed by atoms with Gasteiger partial charge in [0, 0.05) is 12.4 Å². The van der Waals surface area contributed by atoms with Gasteiger partial charge in [-0.2, -0.15) is 0 Å². The molecule has 1 aliphatic rings. The smallest absolute Gasteiger partial charge is 0.338 e. The number of rotatable bonds is 5. The predicted molar refractivity (Wildman–Crippen MR) is 109 cm³/mol. The first-order valence-electron chi connectivity index (χ1n) is 9.69. The topological polar surface area (TPSA) is 48.4 Å². The summed E-state index contributed by atoms with van der Waals surface area (Å²) in [5.74, 6) is 0.583. The summed E-state index contributed by atoms with van der Waals surface area (Å²) in [6.07, 6.45) is 5.87. The molecule has 0 bridgehead atoms. The zero-order chi connectivity index (χ0) is 20.2. The maximum Gasteiger partial charge on any atom is 0.338 e. The zero-order valence-corrected chi connectivity index (χ0v) is 16.2. The highest BCUT2D eigenvalue weighted by molar-refractivity contribution is 5.90. The Morgan fingerprint density at radius 1 is 1.21 bits per heavy atom. The fraction of sp³-hybridized carbons (Fsp3) is 0.250. The Balaban J connectivity index is 1.54. The van der Waals surface area contributed by atoms with Crippen LogP contribution in [0.5, 0.6) is 5.75 Å². The predicted octanol–water partition coefficient (Wildman–Crippen LogP) is 5.17. The van der Waals surface area contributed by atoms with E-state index in [1.807, 2.05) is 18.2 Å². The monoisotopic (exact) mass is 391 g/mol. The molecule has 148 valence electrons. The van der Waals surface area contributed by atoms with Crippen LogP contribution in [0, 0.1) is 5.82 Å². The lowest BCUT2D eigenvalue weighted by molar-refractivity contribution is 0.0599. The molecule has 29 heavy (non-hydrogen) atoms. The van der Waals surface area contributed by atoms with Gasteiger partial charge in [0.05, 0.1) is 19.3 Å². The molecule has 4 rings (SSSR count). The normalized spacial score (nSPS) is 15.3. The molecule has 5 heteroatoms. The fourth-order valence-corrected chi connectivity index (χ4v) is 3.88. The molecular formula is C24H22FNO3. The Labute approximate surface area is 169 Å². The van der Waals surface area contributed by atoms with Gasteiger partial charge >= 0.3 is 5.97 Å². The highest BCUT2D eigenvalue weighted by Gasteiger charge is 2.23. The molecule has 1 aromatic heterocycles. The van der Waals surface area contributed by atoms with Gasteiger partial charge in [0.25, 0.3) is 0 Å². The zero-order valence-electron chi connectivity index (χ0n) is 16.2.